The van der Waals surface area contributed by atoms with E-state index in [9.17, 15) is 22.8 Å². The fourth-order valence-electron chi connectivity index (χ4n) is 2.69. The van der Waals surface area contributed by atoms with Gasteiger partial charge in [0.1, 0.15) is 5.69 Å². The summed E-state index contributed by atoms with van der Waals surface area (Å²) in [6.07, 6.45) is -3.55. The van der Waals surface area contributed by atoms with Gasteiger partial charge in [-0.1, -0.05) is 29.3 Å². The van der Waals surface area contributed by atoms with Gasteiger partial charge in [0.25, 0.3) is 11.8 Å². The third-order valence-corrected chi connectivity index (χ3v) is 4.74. The molecule has 0 bridgehead atoms. The zero-order valence-electron chi connectivity index (χ0n) is 15.6. The summed E-state index contributed by atoms with van der Waals surface area (Å²) >= 11 is 12.1. The van der Waals surface area contributed by atoms with Crippen LogP contribution in [0.25, 0.3) is 5.82 Å². The average Bonchev–Trinajstić information content (AvgIpc) is 3.16. The van der Waals surface area contributed by atoms with Gasteiger partial charge in [-0.2, -0.15) is 18.3 Å². The van der Waals surface area contributed by atoms with E-state index >= 15 is 0 Å². The second-order valence-corrected chi connectivity index (χ2v) is 6.99. The molecule has 4 N–H and O–H groups in total. The summed E-state index contributed by atoms with van der Waals surface area (Å²) in [7, 11) is 0. The van der Waals surface area contributed by atoms with Gasteiger partial charge in [-0.3, -0.25) is 15.0 Å². The standard InChI is InChI=1S/C18H13Cl2F3N6O2/c1-8-4-5-9(19)13(17(31)27-24)14(8)26-16(30)11-7-12(18(21,22)23)28-29(11)15-10(20)3-2-6-25-15/h2-7H,24H2,1H3,(H,26,30)(H,27,31). The van der Waals surface area contributed by atoms with Crippen molar-refractivity contribution in [3.8, 4) is 5.82 Å². The summed E-state index contributed by atoms with van der Waals surface area (Å²) in [5.74, 6) is 3.16. The van der Waals surface area contributed by atoms with Crippen molar-refractivity contribution in [1.29, 1.82) is 0 Å². The Morgan fingerprint density at radius 2 is 1.84 bits per heavy atom. The van der Waals surface area contributed by atoms with Crippen molar-refractivity contribution in [1.82, 2.24) is 20.2 Å². The first kappa shape index (κ1) is 22.5. The smallest absolute Gasteiger partial charge is 0.320 e. The average molecular weight is 473 g/mol. The number of hydrogen-bond acceptors (Lipinski definition) is 5. The van der Waals surface area contributed by atoms with Crippen molar-refractivity contribution in [3.63, 3.8) is 0 Å². The van der Waals surface area contributed by atoms with Crippen LogP contribution in [0, 0.1) is 6.92 Å². The molecule has 0 aliphatic carbocycles. The number of amides is 2. The van der Waals surface area contributed by atoms with E-state index in [0.29, 0.717) is 16.3 Å². The molecule has 2 amide bonds. The maximum absolute atomic E-state index is 13.3. The van der Waals surface area contributed by atoms with Crippen LogP contribution in [-0.2, 0) is 6.18 Å². The van der Waals surface area contributed by atoms with Crippen LogP contribution in [0.5, 0.6) is 0 Å². The first-order valence-electron chi connectivity index (χ1n) is 8.44. The van der Waals surface area contributed by atoms with Crippen LogP contribution in [-0.4, -0.2) is 26.6 Å². The van der Waals surface area contributed by atoms with Gasteiger partial charge in [-0.25, -0.2) is 15.5 Å². The van der Waals surface area contributed by atoms with E-state index in [1.807, 2.05) is 5.43 Å². The van der Waals surface area contributed by atoms with E-state index < -0.39 is 29.4 Å². The second kappa shape index (κ2) is 8.53. The van der Waals surface area contributed by atoms with Crippen LogP contribution in [0.1, 0.15) is 32.1 Å². The highest BCUT2D eigenvalue weighted by Gasteiger charge is 2.37. The number of benzene rings is 1. The number of carbonyl (C=O) groups excluding carboxylic acids is 2. The van der Waals surface area contributed by atoms with E-state index in [0.717, 1.165) is 0 Å². The molecule has 0 unspecified atom stereocenters. The Bertz CT molecular complexity index is 1180. The number of nitrogens with zero attached hydrogens (tertiary/aromatic N) is 3. The normalized spacial score (nSPS) is 11.3. The number of aromatic nitrogens is 3. The lowest BCUT2D eigenvalue weighted by Crippen LogP contribution is -2.31. The molecule has 13 heteroatoms. The fourth-order valence-corrected chi connectivity index (χ4v) is 3.14. The highest BCUT2D eigenvalue weighted by atomic mass is 35.5. The third-order valence-electron chi connectivity index (χ3n) is 4.13. The van der Waals surface area contributed by atoms with E-state index in [1.54, 1.807) is 6.92 Å². The maximum Gasteiger partial charge on any atom is 0.435 e. The second-order valence-electron chi connectivity index (χ2n) is 6.18. The molecule has 8 nitrogen and oxygen atoms in total. The van der Waals surface area contributed by atoms with Gasteiger partial charge in [-0.05, 0) is 30.7 Å². The number of nitrogen functional groups attached to an aromatic ring is 1. The fraction of sp³-hybridized carbons (Fsp3) is 0.111. The number of pyridine rings is 1. The molecule has 0 fully saturated rings. The number of rotatable bonds is 4. The van der Waals surface area contributed by atoms with Gasteiger partial charge in [0, 0.05) is 12.3 Å². The van der Waals surface area contributed by atoms with Gasteiger partial charge < -0.3 is 5.32 Å². The number of hydrogen-bond donors (Lipinski definition) is 3. The van der Waals surface area contributed by atoms with Crippen molar-refractivity contribution in [3.05, 3.63) is 69.1 Å². The van der Waals surface area contributed by atoms with Crippen molar-refractivity contribution in [2.24, 2.45) is 5.84 Å². The summed E-state index contributed by atoms with van der Waals surface area (Å²) in [6.45, 7) is 1.56. The molecular formula is C18H13Cl2F3N6O2. The van der Waals surface area contributed by atoms with Crippen molar-refractivity contribution in [2.75, 3.05) is 5.32 Å². The molecule has 31 heavy (non-hydrogen) atoms. The predicted octanol–water partition coefficient (Wildman–Crippen LogP) is 3.76. The molecule has 0 atom stereocenters. The number of carbonyl (C=O) groups is 2. The highest BCUT2D eigenvalue weighted by molar-refractivity contribution is 6.35. The predicted molar refractivity (Wildman–Crippen MR) is 107 cm³/mol. The Hall–Kier alpha value is -3.15. The minimum Gasteiger partial charge on any atom is -0.320 e. The van der Waals surface area contributed by atoms with Crippen LogP contribution in [0.3, 0.4) is 0 Å². The lowest BCUT2D eigenvalue weighted by atomic mass is 10.1. The summed E-state index contributed by atoms with van der Waals surface area (Å²) in [6, 6.07) is 6.32. The number of nitrogens with two attached hydrogens (primary N) is 1. The number of halogens is 5. The molecular weight excluding hydrogens is 460 g/mol. The summed E-state index contributed by atoms with van der Waals surface area (Å²) in [5.41, 5.74) is 0.271. The number of alkyl halides is 3. The molecule has 0 aliphatic heterocycles. The van der Waals surface area contributed by atoms with E-state index in [2.05, 4.69) is 15.4 Å². The minimum atomic E-state index is -4.84. The Morgan fingerprint density at radius 3 is 2.45 bits per heavy atom. The molecule has 2 heterocycles. The number of nitrogens with one attached hydrogen (secondary N) is 2. The van der Waals surface area contributed by atoms with Gasteiger partial charge in [0.15, 0.2) is 11.5 Å². The Balaban J connectivity index is 2.14. The molecule has 3 aromatic rings. The van der Waals surface area contributed by atoms with Crippen molar-refractivity contribution < 1.29 is 22.8 Å². The summed E-state index contributed by atoms with van der Waals surface area (Å²) in [5, 5.41) is 5.80. The van der Waals surface area contributed by atoms with E-state index in [4.69, 9.17) is 29.0 Å². The first-order chi connectivity index (χ1) is 14.5. The third kappa shape index (κ3) is 4.48. The topological polar surface area (TPSA) is 115 Å². The lowest BCUT2D eigenvalue weighted by molar-refractivity contribution is -0.141. The van der Waals surface area contributed by atoms with Crippen LogP contribution in [0.4, 0.5) is 18.9 Å². The zero-order chi connectivity index (χ0) is 22.9. The Morgan fingerprint density at radius 1 is 1.13 bits per heavy atom. The number of anilines is 1. The zero-order valence-corrected chi connectivity index (χ0v) is 17.1. The molecule has 0 spiro atoms. The lowest BCUT2D eigenvalue weighted by Gasteiger charge is -2.15. The highest BCUT2D eigenvalue weighted by Crippen LogP contribution is 2.32. The Labute approximate surface area is 183 Å². The van der Waals surface area contributed by atoms with Crippen LogP contribution < -0.4 is 16.6 Å². The van der Waals surface area contributed by atoms with Gasteiger partial charge in [0.2, 0.25) is 0 Å². The molecule has 1 aromatic carbocycles. The van der Waals surface area contributed by atoms with Gasteiger partial charge >= 0.3 is 6.18 Å². The number of aryl methyl sites for hydroxylation is 1. The quantitative estimate of drug-likeness (QED) is 0.303. The molecule has 162 valence electrons. The van der Waals surface area contributed by atoms with Crippen LogP contribution >= 0.6 is 23.2 Å². The van der Waals surface area contributed by atoms with Crippen LogP contribution in [0.15, 0.2) is 36.5 Å². The molecule has 0 radical (unpaired) electrons. The Kier molecular flexibility index (Phi) is 6.20. The molecule has 0 saturated heterocycles. The van der Waals surface area contributed by atoms with Crippen molar-refractivity contribution >= 4 is 40.7 Å². The van der Waals surface area contributed by atoms with Gasteiger partial charge in [0.05, 0.1) is 21.3 Å². The first-order valence-corrected chi connectivity index (χ1v) is 9.19. The summed E-state index contributed by atoms with van der Waals surface area (Å²) < 4.78 is 40.5. The van der Waals surface area contributed by atoms with E-state index in [-0.39, 0.29) is 27.1 Å². The van der Waals surface area contributed by atoms with E-state index in [1.165, 1.54) is 30.5 Å². The minimum absolute atomic E-state index is 0.0268. The molecule has 0 saturated carbocycles. The molecule has 0 aliphatic rings. The number of hydrazine groups is 1. The molecule has 2 aromatic heterocycles. The molecule has 3 rings (SSSR count). The SMILES string of the molecule is Cc1ccc(Cl)c(C(=O)NN)c1NC(=O)c1cc(C(F)(F)F)nn1-c1ncccc1Cl. The van der Waals surface area contributed by atoms with Crippen LogP contribution in [0.2, 0.25) is 10.0 Å². The van der Waals surface area contributed by atoms with Gasteiger partial charge in [-0.15, -0.1) is 0 Å². The largest absolute Gasteiger partial charge is 0.435 e. The summed E-state index contributed by atoms with van der Waals surface area (Å²) in [4.78, 5) is 29.0. The maximum atomic E-state index is 13.3. The monoisotopic (exact) mass is 472 g/mol. The van der Waals surface area contributed by atoms with Crippen molar-refractivity contribution in [2.45, 2.75) is 13.1 Å².